The minimum absolute atomic E-state index is 0.0459. The summed E-state index contributed by atoms with van der Waals surface area (Å²) >= 11 is 0. The fourth-order valence-electron chi connectivity index (χ4n) is 3.84. The number of amides is 1. The summed E-state index contributed by atoms with van der Waals surface area (Å²) in [7, 11) is 1.98. The number of aryl methyl sites for hydroxylation is 2. The van der Waals surface area contributed by atoms with Crippen LogP contribution in [0.1, 0.15) is 34.6 Å². The molecule has 1 aliphatic heterocycles. The number of nitrogens with zero attached hydrogens (tertiary/aromatic N) is 5. The molecular weight excluding hydrogens is 350 g/mol. The number of pyridine rings is 2. The van der Waals surface area contributed by atoms with E-state index in [1.807, 2.05) is 48.0 Å². The number of likely N-dealkylation sites (tertiary alicyclic amines) is 1. The Balaban J connectivity index is 1.37. The second-order valence-corrected chi connectivity index (χ2v) is 7.54. The van der Waals surface area contributed by atoms with Crippen LogP contribution in [0.15, 0.2) is 49.1 Å². The van der Waals surface area contributed by atoms with Gasteiger partial charge in [-0.3, -0.25) is 9.78 Å². The normalized spacial score (nSPS) is 15.0. The molecule has 3 aromatic rings. The van der Waals surface area contributed by atoms with Gasteiger partial charge in [-0.15, -0.1) is 0 Å². The molecule has 28 heavy (non-hydrogen) atoms. The van der Waals surface area contributed by atoms with Crippen LogP contribution < -0.4 is 0 Å². The summed E-state index contributed by atoms with van der Waals surface area (Å²) in [4.78, 5) is 27.6. The van der Waals surface area contributed by atoms with Gasteiger partial charge < -0.3 is 9.47 Å². The summed E-state index contributed by atoms with van der Waals surface area (Å²) in [5.41, 5.74) is 4.69. The Morgan fingerprint density at radius 1 is 1.21 bits per heavy atom. The van der Waals surface area contributed by atoms with E-state index < -0.39 is 0 Å². The molecule has 1 saturated heterocycles. The van der Waals surface area contributed by atoms with Crippen molar-refractivity contribution in [3.8, 4) is 11.4 Å². The van der Waals surface area contributed by atoms with Gasteiger partial charge in [0.05, 0.1) is 23.9 Å². The molecular formula is C22H25N5O. The molecule has 0 unspecified atom stereocenters. The topological polar surface area (TPSA) is 63.9 Å². The van der Waals surface area contributed by atoms with E-state index in [1.54, 1.807) is 12.4 Å². The highest BCUT2D eigenvalue weighted by atomic mass is 16.2. The van der Waals surface area contributed by atoms with Crippen molar-refractivity contribution >= 4 is 5.91 Å². The first-order valence-corrected chi connectivity index (χ1v) is 9.74. The Labute approximate surface area is 165 Å². The Kier molecular flexibility index (Phi) is 5.19. The Bertz CT molecular complexity index is 972. The number of hydrogen-bond donors (Lipinski definition) is 0. The van der Waals surface area contributed by atoms with Crippen molar-refractivity contribution in [2.45, 2.75) is 26.2 Å². The molecule has 4 heterocycles. The van der Waals surface area contributed by atoms with Gasteiger partial charge in [0.2, 0.25) is 0 Å². The molecule has 0 saturated carbocycles. The zero-order chi connectivity index (χ0) is 19.5. The van der Waals surface area contributed by atoms with E-state index in [2.05, 4.69) is 27.1 Å². The van der Waals surface area contributed by atoms with Crippen LogP contribution in [0.3, 0.4) is 0 Å². The molecule has 0 N–H and O–H groups in total. The molecule has 3 aromatic heterocycles. The van der Waals surface area contributed by atoms with E-state index in [-0.39, 0.29) is 5.91 Å². The average molecular weight is 375 g/mol. The van der Waals surface area contributed by atoms with Gasteiger partial charge >= 0.3 is 0 Å². The lowest BCUT2D eigenvalue weighted by molar-refractivity contribution is 0.0684. The Morgan fingerprint density at radius 3 is 2.75 bits per heavy atom. The summed E-state index contributed by atoms with van der Waals surface area (Å²) in [6.45, 7) is 3.50. The van der Waals surface area contributed by atoms with E-state index in [0.29, 0.717) is 11.6 Å². The fourth-order valence-corrected chi connectivity index (χ4v) is 3.84. The molecule has 0 radical (unpaired) electrons. The van der Waals surface area contributed by atoms with Gasteiger partial charge in [0.25, 0.3) is 5.91 Å². The van der Waals surface area contributed by atoms with Crippen molar-refractivity contribution < 1.29 is 4.79 Å². The third-order valence-electron chi connectivity index (χ3n) is 5.44. The minimum Gasteiger partial charge on any atom is -0.337 e. The van der Waals surface area contributed by atoms with E-state index in [0.717, 1.165) is 49.4 Å². The molecule has 0 atom stereocenters. The predicted molar refractivity (Wildman–Crippen MR) is 108 cm³/mol. The van der Waals surface area contributed by atoms with Crippen LogP contribution >= 0.6 is 0 Å². The van der Waals surface area contributed by atoms with Crippen molar-refractivity contribution in [2.24, 2.45) is 13.0 Å². The van der Waals surface area contributed by atoms with Crippen LogP contribution in [0.5, 0.6) is 0 Å². The number of aromatic nitrogens is 4. The molecule has 1 aliphatic rings. The quantitative estimate of drug-likeness (QED) is 0.702. The number of carbonyl (C=O) groups excluding carboxylic acids is 1. The molecule has 144 valence electrons. The number of piperidine rings is 1. The van der Waals surface area contributed by atoms with Gasteiger partial charge in [0.15, 0.2) is 0 Å². The molecule has 6 heteroatoms. The van der Waals surface area contributed by atoms with Crippen LogP contribution in [-0.2, 0) is 13.5 Å². The first kappa shape index (κ1) is 18.3. The molecule has 1 amide bonds. The van der Waals surface area contributed by atoms with Gasteiger partial charge in [-0.05, 0) is 61.9 Å². The van der Waals surface area contributed by atoms with Gasteiger partial charge in [0, 0.05) is 32.0 Å². The number of hydrogen-bond acceptors (Lipinski definition) is 4. The van der Waals surface area contributed by atoms with Crippen molar-refractivity contribution in [3.05, 3.63) is 66.0 Å². The molecule has 4 rings (SSSR count). The van der Waals surface area contributed by atoms with Gasteiger partial charge in [-0.2, -0.15) is 0 Å². The lowest BCUT2D eigenvalue weighted by Crippen LogP contribution is -2.39. The second-order valence-electron chi connectivity index (χ2n) is 7.54. The lowest BCUT2D eigenvalue weighted by atomic mass is 9.90. The van der Waals surface area contributed by atoms with Crippen molar-refractivity contribution in [1.82, 2.24) is 24.4 Å². The van der Waals surface area contributed by atoms with E-state index >= 15 is 0 Å². The SMILES string of the molecule is Cc1cccc(C(=O)N2CCC(Cc3ccnc(-c4cncn4C)c3)CC2)n1. The highest BCUT2D eigenvalue weighted by Gasteiger charge is 2.24. The van der Waals surface area contributed by atoms with Crippen molar-refractivity contribution in [2.75, 3.05) is 13.1 Å². The minimum atomic E-state index is 0.0459. The van der Waals surface area contributed by atoms with Gasteiger partial charge in [0.1, 0.15) is 5.69 Å². The molecule has 0 aliphatic carbocycles. The summed E-state index contributed by atoms with van der Waals surface area (Å²) in [6.07, 6.45) is 8.55. The maximum absolute atomic E-state index is 12.7. The van der Waals surface area contributed by atoms with Gasteiger partial charge in [-0.1, -0.05) is 6.07 Å². The predicted octanol–water partition coefficient (Wildman–Crippen LogP) is 3.28. The third-order valence-corrected chi connectivity index (χ3v) is 5.44. The standard InChI is InChI=1S/C22H25N5O/c1-16-4-3-5-19(25-16)22(28)27-10-7-17(8-11-27)12-18-6-9-24-20(13-18)21-14-23-15-26(21)2/h3-6,9,13-15,17H,7-8,10-12H2,1-2H3. The monoisotopic (exact) mass is 375 g/mol. The number of rotatable bonds is 4. The van der Waals surface area contributed by atoms with Crippen LogP contribution in [0.25, 0.3) is 11.4 Å². The first-order valence-electron chi connectivity index (χ1n) is 9.74. The van der Waals surface area contributed by atoms with Crippen LogP contribution in [-0.4, -0.2) is 43.4 Å². The van der Waals surface area contributed by atoms with E-state index in [4.69, 9.17) is 0 Å². The Morgan fingerprint density at radius 2 is 2.04 bits per heavy atom. The highest BCUT2D eigenvalue weighted by molar-refractivity contribution is 5.92. The zero-order valence-electron chi connectivity index (χ0n) is 16.4. The maximum atomic E-state index is 12.7. The van der Waals surface area contributed by atoms with Crippen LogP contribution in [0.2, 0.25) is 0 Å². The fraction of sp³-hybridized carbons (Fsp3) is 0.364. The van der Waals surface area contributed by atoms with Crippen molar-refractivity contribution in [3.63, 3.8) is 0 Å². The molecule has 1 fully saturated rings. The molecule has 6 nitrogen and oxygen atoms in total. The maximum Gasteiger partial charge on any atom is 0.272 e. The molecule has 0 aromatic carbocycles. The summed E-state index contributed by atoms with van der Waals surface area (Å²) < 4.78 is 1.98. The molecule has 0 spiro atoms. The Hall–Kier alpha value is -3.02. The molecule has 0 bridgehead atoms. The summed E-state index contributed by atoms with van der Waals surface area (Å²) in [6, 6.07) is 9.86. The van der Waals surface area contributed by atoms with E-state index in [9.17, 15) is 4.79 Å². The number of imidazole rings is 1. The summed E-state index contributed by atoms with van der Waals surface area (Å²) in [5.74, 6) is 0.626. The highest BCUT2D eigenvalue weighted by Crippen LogP contribution is 2.24. The second kappa shape index (κ2) is 7.92. The smallest absolute Gasteiger partial charge is 0.272 e. The first-order chi connectivity index (χ1) is 13.6. The van der Waals surface area contributed by atoms with E-state index in [1.165, 1.54) is 5.56 Å². The zero-order valence-corrected chi connectivity index (χ0v) is 16.4. The average Bonchev–Trinajstić information content (AvgIpc) is 3.14. The van der Waals surface area contributed by atoms with Crippen LogP contribution in [0, 0.1) is 12.8 Å². The van der Waals surface area contributed by atoms with Crippen LogP contribution in [0.4, 0.5) is 0 Å². The third kappa shape index (κ3) is 3.96. The number of carbonyl (C=O) groups is 1. The van der Waals surface area contributed by atoms with Crippen molar-refractivity contribution in [1.29, 1.82) is 0 Å². The van der Waals surface area contributed by atoms with Gasteiger partial charge in [-0.25, -0.2) is 9.97 Å². The summed E-state index contributed by atoms with van der Waals surface area (Å²) in [5, 5.41) is 0. The largest absolute Gasteiger partial charge is 0.337 e. The lowest BCUT2D eigenvalue weighted by Gasteiger charge is -2.32.